The van der Waals surface area contributed by atoms with Gasteiger partial charge in [0.15, 0.2) is 6.61 Å². The van der Waals surface area contributed by atoms with Crippen LogP contribution >= 0.6 is 0 Å². The molecule has 0 heterocycles. The van der Waals surface area contributed by atoms with E-state index in [1.807, 2.05) is 24.3 Å². The molecule has 0 radical (unpaired) electrons. The molecule has 1 N–H and O–H groups in total. The van der Waals surface area contributed by atoms with Crippen LogP contribution in [-0.2, 0) is 4.79 Å². The van der Waals surface area contributed by atoms with Crippen LogP contribution in [0.25, 0.3) is 21.5 Å². The fourth-order valence-corrected chi connectivity index (χ4v) is 2.15. The highest BCUT2D eigenvalue weighted by molar-refractivity contribution is 5.98. The number of carboxylic acid groups (broad SMARTS) is 1. The van der Waals surface area contributed by atoms with Gasteiger partial charge in [0, 0.05) is 0 Å². The Hall–Kier alpha value is -2.55. The second-order valence-electron chi connectivity index (χ2n) is 4.39. The van der Waals surface area contributed by atoms with Gasteiger partial charge in [-0.3, -0.25) is 0 Å². The Morgan fingerprint density at radius 1 is 0.895 bits per heavy atom. The Balaban J connectivity index is 2.06. The zero-order valence-corrected chi connectivity index (χ0v) is 10.2. The number of hydrogen-bond donors (Lipinski definition) is 1. The van der Waals surface area contributed by atoms with Crippen molar-refractivity contribution in [2.75, 3.05) is 6.61 Å². The number of ether oxygens (including phenoxy) is 1. The molecule has 0 unspecified atom stereocenters. The Labute approximate surface area is 110 Å². The third kappa shape index (κ3) is 2.36. The molecule has 3 aromatic carbocycles. The Kier molecular flexibility index (Phi) is 2.80. The Bertz CT molecular complexity index is 762. The first-order valence-electron chi connectivity index (χ1n) is 5.99. The van der Waals surface area contributed by atoms with E-state index < -0.39 is 5.97 Å². The standard InChI is InChI=1S/C16H12O3/c17-16(18)10-19-15-6-5-13-7-11-3-1-2-4-12(11)8-14(13)9-15/h1-9H,10H2,(H,17,18). The highest BCUT2D eigenvalue weighted by Gasteiger charge is 2.02. The molecule has 0 spiro atoms. The number of carbonyl (C=O) groups is 1. The molecule has 0 amide bonds. The lowest BCUT2D eigenvalue weighted by Crippen LogP contribution is -2.09. The van der Waals surface area contributed by atoms with Crippen LogP contribution in [0.4, 0.5) is 0 Å². The number of carboxylic acids is 1. The van der Waals surface area contributed by atoms with Crippen LogP contribution in [0.15, 0.2) is 54.6 Å². The van der Waals surface area contributed by atoms with Crippen molar-refractivity contribution < 1.29 is 14.6 Å². The van der Waals surface area contributed by atoms with Gasteiger partial charge in [-0.15, -0.1) is 0 Å². The van der Waals surface area contributed by atoms with Crippen LogP contribution in [0.3, 0.4) is 0 Å². The number of rotatable bonds is 3. The number of fused-ring (bicyclic) bond motifs is 2. The minimum Gasteiger partial charge on any atom is -0.482 e. The molecule has 94 valence electrons. The molecule has 0 saturated carbocycles. The van der Waals surface area contributed by atoms with E-state index in [1.165, 1.54) is 5.39 Å². The summed E-state index contributed by atoms with van der Waals surface area (Å²) in [5.74, 6) is -0.399. The SMILES string of the molecule is O=C(O)COc1ccc2cc3ccccc3cc2c1. The number of benzene rings is 3. The van der Waals surface area contributed by atoms with Gasteiger partial charge < -0.3 is 9.84 Å². The van der Waals surface area contributed by atoms with Gasteiger partial charge in [-0.1, -0.05) is 30.3 Å². The zero-order chi connectivity index (χ0) is 13.2. The monoisotopic (exact) mass is 252 g/mol. The average molecular weight is 252 g/mol. The fraction of sp³-hybridized carbons (Fsp3) is 0.0625. The molecule has 0 aromatic heterocycles. The van der Waals surface area contributed by atoms with Crippen LogP contribution < -0.4 is 4.74 Å². The van der Waals surface area contributed by atoms with Gasteiger partial charge in [-0.2, -0.15) is 0 Å². The van der Waals surface area contributed by atoms with E-state index in [2.05, 4.69) is 24.3 Å². The zero-order valence-electron chi connectivity index (χ0n) is 10.2. The van der Waals surface area contributed by atoms with Crippen molar-refractivity contribution in [3.05, 3.63) is 54.6 Å². The van der Waals surface area contributed by atoms with Crippen LogP contribution in [0, 0.1) is 0 Å². The third-order valence-corrected chi connectivity index (χ3v) is 3.04. The maximum atomic E-state index is 10.5. The summed E-state index contributed by atoms with van der Waals surface area (Å²) in [6.07, 6.45) is 0. The van der Waals surface area contributed by atoms with Gasteiger partial charge in [0.25, 0.3) is 0 Å². The quantitative estimate of drug-likeness (QED) is 0.726. The fourth-order valence-electron chi connectivity index (χ4n) is 2.15. The number of hydrogen-bond acceptors (Lipinski definition) is 2. The molecule has 3 rings (SSSR count). The van der Waals surface area contributed by atoms with Gasteiger partial charge in [0.05, 0.1) is 0 Å². The molecular weight excluding hydrogens is 240 g/mol. The summed E-state index contributed by atoms with van der Waals surface area (Å²) in [5, 5.41) is 13.1. The second-order valence-corrected chi connectivity index (χ2v) is 4.39. The van der Waals surface area contributed by atoms with E-state index in [0.29, 0.717) is 5.75 Å². The lowest BCUT2D eigenvalue weighted by Gasteiger charge is -2.06. The van der Waals surface area contributed by atoms with E-state index in [4.69, 9.17) is 9.84 Å². The molecular formula is C16H12O3. The van der Waals surface area contributed by atoms with E-state index in [1.54, 1.807) is 6.07 Å². The molecule has 3 aromatic rings. The van der Waals surface area contributed by atoms with Gasteiger partial charge in [0.1, 0.15) is 5.75 Å². The largest absolute Gasteiger partial charge is 0.482 e. The number of aliphatic carboxylic acids is 1. The molecule has 0 fully saturated rings. The highest BCUT2D eigenvalue weighted by atomic mass is 16.5. The summed E-state index contributed by atoms with van der Waals surface area (Å²) in [5.41, 5.74) is 0. The summed E-state index contributed by atoms with van der Waals surface area (Å²) in [6.45, 7) is -0.320. The second kappa shape index (κ2) is 4.61. The summed E-state index contributed by atoms with van der Waals surface area (Å²) in [6, 6.07) is 17.9. The van der Waals surface area contributed by atoms with Crippen molar-refractivity contribution in [2.24, 2.45) is 0 Å². The lowest BCUT2D eigenvalue weighted by atomic mass is 10.0. The van der Waals surface area contributed by atoms with Crippen LogP contribution in [-0.4, -0.2) is 17.7 Å². The first kappa shape index (κ1) is 11.5. The third-order valence-electron chi connectivity index (χ3n) is 3.04. The van der Waals surface area contributed by atoms with Crippen molar-refractivity contribution in [1.29, 1.82) is 0 Å². The lowest BCUT2D eigenvalue weighted by molar-refractivity contribution is -0.139. The summed E-state index contributed by atoms with van der Waals surface area (Å²) >= 11 is 0. The topological polar surface area (TPSA) is 46.5 Å². The minimum absolute atomic E-state index is 0.320. The van der Waals surface area contributed by atoms with Crippen LogP contribution in [0.5, 0.6) is 5.75 Å². The summed E-state index contributed by atoms with van der Waals surface area (Å²) < 4.78 is 5.19. The summed E-state index contributed by atoms with van der Waals surface area (Å²) in [4.78, 5) is 10.5. The van der Waals surface area contributed by atoms with Gasteiger partial charge in [0.2, 0.25) is 0 Å². The molecule has 0 aliphatic heterocycles. The van der Waals surface area contributed by atoms with E-state index in [-0.39, 0.29) is 6.61 Å². The maximum absolute atomic E-state index is 10.5. The molecule has 0 aliphatic carbocycles. The van der Waals surface area contributed by atoms with Crippen molar-refractivity contribution in [3.63, 3.8) is 0 Å². The Morgan fingerprint density at radius 3 is 2.21 bits per heavy atom. The van der Waals surface area contributed by atoms with E-state index in [9.17, 15) is 4.79 Å². The molecule has 0 saturated heterocycles. The van der Waals surface area contributed by atoms with Crippen molar-refractivity contribution in [1.82, 2.24) is 0 Å². The Morgan fingerprint density at radius 2 is 1.53 bits per heavy atom. The van der Waals surface area contributed by atoms with Gasteiger partial charge in [-0.05, 0) is 45.8 Å². The predicted octanol–water partition coefficient (Wildman–Crippen LogP) is 3.46. The van der Waals surface area contributed by atoms with Crippen LogP contribution in [0.2, 0.25) is 0 Å². The molecule has 0 bridgehead atoms. The van der Waals surface area contributed by atoms with E-state index in [0.717, 1.165) is 16.2 Å². The van der Waals surface area contributed by atoms with Crippen molar-refractivity contribution >= 4 is 27.5 Å². The van der Waals surface area contributed by atoms with Crippen molar-refractivity contribution in [3.8, 4) is 5.75 Å². The highest BCUT2D eigenvalue weighted by Crippen LogP contribution is 2.26. The molecule has 19 heavy (non-hydrogen) atoms. The maximum Gasteiger partial charge on any atom is 0.341 e. The normalized spacial score (nSPS) is 10.7. The first-order valence-corrected chi connectivity index (χ1v) is 5.99. The first-order chi connectivity index (χ1) is 9.22. The van der Waals surface area contributed by atoms with Gasteiger partial charge >= 0.3 is 5.97 Å². The molecule has 0 atom stereocenters. The van der Waals surface area contributed by atoms with Crippen LogP contribution in [0.1, 0.15) is 0 Å². The minimum atomic E-state index is -0.974. The smallest absolute Gasteiger partial charge is 0.341 e. The molecule has 0 aliphatic rings. The molecule has 3 nitrogen and oxygen atoms in total. The average Bonchev–Trinajstić information content (AvgIpc) is 2.42. The van der Waals surface area contributed by atoms with Gasteiger partial charge in [-0.25, -0.2) is 4.79 Å². The van der Waals surface area contributed by atoms with Crippen molar-refractivity contribution in [2.45, 2.75) is 0 Å². The predicted molar refractivity (Wildman–Crippen MR) is 74.6 cm³/mol. The molecule has 3 heteroatoms. The summed E-state index contributed by atoms with van der Waals surface area (Å²) in [7, 11) is 0. The van der Waals surface area contributed by atoms with E-state index >= 15 is 0 Å².